The van der Waals surface area contributed by atoms with Crippen molar-refractivity contribution < 1.29 is 164 Å². The molecule has 0 amide bonds. The van der Waals surface area contributed by atoms with Gasteiger partial charge < -0.3 is 40.5 Å². The van der Waals surface area contributed by atoms with E-state index in [2.05, 4.69) is 34.1 Å². The average molecular weight is 598 g/mol. The summed E-state index contributed by atoms with van der Waals surface area (Å²) in [7, 11) is 0. The van der Waals surface area contributed by atoms with Crippen molar-refractivity contribution in [3.05, 3.63) is 34.1 Å². The maximum absolute atomic E-state index is 3.66. The van der Waals surface area contributed by atoms with Crippen molar-refractivity contribution in [1.29, 1.82) is 0 Å². The second kappa shape index (κ2) is 49.9. The molecule has 0 fully saturated rings. The Hall–Kier alpha value is 5.52. The molecular weight excluding hydrogens is 577 g/mol. The largest absolute Gasteiger partial charge is 3.00 e. The van der Waals surface area contributed by atoms with E-state index >= 15 is 0 Å². The Labute approximate surface area is 230 Å². The normalized spacial score (nSPS) is 6.00. The molecule has 0 saturated heterocycles. The van der Waals surface area contributed by atoms with E-state index in [0.717, 1.165) is 32.1 Å². The van der Waals surface area contributed by atoms with Gasteiger partial charge in [0.1, 0.15) is 0 Å². The number of unbranched alkanes of at least 4 members (excludes halogenated alkanes) is 5. The van der Waals surface area contributed by atoms with Gasteiger partial charge in [-0.3, -0.25) is 0 Å². The van der Waals surface area contributed by atoms with Crippen molar-refractivity contribution in [3.63, 3.8) is 0 Å². The molecular formula is C11H21Y5-2. The first-order valence-electron chi connectivity index (χ1n) is 4.32. The number of hydrogen-bond donors (Lipinski definition) is 0. The standard InChI is InChI=1S/C6H11.C5H10.5Y/c1-3-5-6-4-2;1-3-5-4-2;;;;;/h5H,1-4,6H2;1-5H2;;;;;/q-3;-2;;;;;+3. The van der Waals surface area contributed by atoms with Crippen LogP contribution in [0.15, 0.2) is 0 Å². The summed E-state index contributed by atoms with van der Waals surface area (Å²) in [6.45, 7) is 14.6. The van der Waals surface area contributed by atoms with E-state index < -0.39 is 0 Å². The van der Waals surface area contributed by atoms with Crippen LogP contribution in [0.5, 0.6) is 0 Å². The molecule has 0 spiro atoms. The minimum Gasteiger partial charge on any atom is -0.372 e. The van der Waals surface area contributed by atoms with Gasteiger partial charge in [0.25, 0.3) is 0 Å². The molecule has 0 nitrogen and oxygen atoms in total. The van der Waals surface area contributed by atoms with E-state index in [9.17, 15) is 0 Å². The molecule has 0 heterocycles. The van der Waals surface area contributed by atoms with Gasteiger partial charge >= 0.3 is 32.7 Å². The van der Waals surface area contributed by atoms with Crippen molar-refractivity contribution in [2.75, 3.05) is 0 Å². The molecule has 16 heavy (non-hydrogen) atoms. The minimum atomic E-state index is 0. The molecule has 0 rings (SSSR count). The first-order valence-corrected chi connectivity index (χ1v) is 4.32. The zero-order valence-electron chi connectivity index (χ0n) is 10.5. The zero-order chi connectivity index (χ0) is 8.95. The summed E-state index contributed by atoms with van der Waals surface area (Å²) in [4.78, 5) is 0. The second-order valence-corrected chi connectivity index (χ2v) is 2.28. The molecule has 0 aliphatic carbocycles. The maximum atomic E-state index is 3.66. The van der Waals surface area contributed by atoms with Crippen LogP contribution in [0, 0.1) is 34.1 Å². The molecule has 0 aromatic heterocycles. The smallest absolute Gasteiger partial charge is 0.372 e. The Bertz CT molecular complexity index is 47.6. The molecule has 4 radical (unpaired) electrons. The molecule has 0 aromatic carbocycles. The monoisotopic (exact) mass is 598 g/mol. The Morgan fingerprint density at radius 2 is 1.06 bits per heavy atom. The first-order chi connectivity index (χ1) is 5.33. The van der Waals surface area contributed by atoms with Crippen LogP contribution in [0.25, 0.3) is 0 Å². The van der Waals surface area contributed by atoms with E-state index in [0.29, 0.717) is 0 Å². The van der Waals surface area contributed by atoms with Gasteiger partial charge in [-0.15, -0.1) is 6.42 Å². The predicted octanol–water partition coefficient (Wildman–Crippen LogP) is 3.84. The fourth-order valence-electron chi connectivity index (χ4n) is 0.465. The summed E-state index contributed by atoms with van der Waals surface area (Å²) in [5.74, 6) is 0. The quantitative estimate of drug-likeness (QED) is 0.334. The van der Waals surface area contributed by atoms with Crippen LogP contribution in [-0.2, 0) is 164 Å². The fraction of sp³-hybridized carbons (Fsp3) is 0.545. The SMILES string of the molecule is [CH2-]CCC[CH2-].[CH2-]C[CH-]CC[CH2-].[Y+3].[Y].[Y].[Y].[Y]. The van der Waals surface area contributed by atoms with Crippen molar-refractivity contribution in [2.45, 2.75) is 38.5 Å². The molecule has 82 valence electrons. The van der Waals surface area contributed by atoms with Gasteiger partial charge in [0.15, 0.2) is 0 Å². The van der Waals surface area contributed by atoms with Gasteiger partial charge in [-0.05, 0) is 0 Å². The molecule has 0 aromatic rings. The third-order valence-electron chi connectivity index (χ3n) is 1.11. The van der Waals surface area contributed by atoms with Gasteiger partial charge in [-0.1, -0.05) is 0 Å². The Balaban J connectivity index is -0.0000000155. The Morgan fingerprint density at radius 3 is 1.12 bits per heavy atom. The molecule has 0 saturated carbocycles. The number of hydrogen-bond acceptors (Lipinski definition) is 0. The third-order valence-corrected chi connectivity index (χ3v) is 1.11. The third kappa shape index (κ3) is 60.5. The van der Waals surface area contributed by atoms with Crippen LogP contribution in [0.1, 0.15) is 38.5 Å². The molecule has 0 aliphatic heterocycles. The van der Waals surface area contributed by atoms with Gasteiger partial charge in [0.05, 0.1) is 0 Å². The zero-order valence-corrected chi connectivity index (χ0v) is 24.7. The van der Waals surface area contributed by atoms with Crippen molar-refractivity contribution in [3.8, 4) is 0 Å². The van der Waals surface area contributed by atoms with E-state index in [-0.39, 0.29) is 164 Å². The summed E-state index contributed by atoms with van der Waals surface area (Å²) >= 11 is 0. The summed E-state index contributed by atoms with van der Waals surface area (Å²) < 4.78 is 0. The fourth-order valence-corrected chi connectivity index (χ4v) is 0.465. The Kier molecular flexibility index (Phi) is 134. The van der Waals surface area contributed by atoms with Gasteiger partial charge in [0, 0.05) is 131 Å². The topological polar surface area (TPSA) is 0 Å². The maximum Gasteiger partial charge on any atom is 3.00 e. The van der Waals surface area contributed by atoms with Crippen LogP contribution in [-0.4, -0.2) is 0 Å². The van der Waals surface area contributed by atoms with E-state index in [1.54, 1.807) is 0 Å². The molecule has 5 heteroatoms. The van der Waals surface area contributed by atoms with Crippen molar-refractivity contribution in [2.24, 2.45) is 0 Å². The molecule has 0 aliphatic rings. The summed E-state index contributed by atoms with van der Waals surface area (Å²) in [6.07, 6.45) is 8.43. The first kappa shape index (κ1) is 43.0. The Morgan fingerprint density at radius 1 is 0.688 bits per heavy atom. The van der Waals surface area contributed by atoms with E-state index in [1.165, 1.54) is 6.42 Å². The van der Waals surface area contributed by atoms with Crippen LogP contribution in [0.2, 0.25) is 0 Å². The van der Waals surface area contributed by atoms with Crippen LogP contribution in [0.3, 0.4) is 0 Å². The van der Waals surface area contributed by atoms with Crippen LogP contribution in [0.4, 0.5) is 0 Å². The van der Waals surface area contributed by atoms with Gasteiger partial charge in [-0.25, -0.2) is 12.8 Å². The van der Waals surface area contributed by atoms with E-state index in [4.69, 9.17) is 0 Å². The molecule has 0 N–H and O–H groups in total. The summed E-state index contributed by atoms with van der Waals surface area (Å²) in [5.41, 5.74) is 0. The van der Waals surface area contributed by atoms with Crippen LogP contribution >= 0.6 is 0 Å². The summed E-state index contributed by atoms with van der Waals surface area (Å²) in [6, 6.07) is 0. The summed E-state index contributed by atoms with van der Waals surface area (Å²) in [5, 5.41) is 0. The van der Waals surface area contributed by atoms with Gasteiger partial charge in [0.2, 0.25) is 0 Å². The van der Waals surface area contributed by atoms with E-state index in [1.807, 2.05) is 0 Å². The predicted molar refractivity (Wildman–Crippen MR) is 53.4 cm³/mol. The van der Waals surface area contributed by atoms with Crippen molar-refractivity contribution >= 4 is 0 Å². The van der Waals surface area contributed by atoms with Crippen LogP contribution < -0.4 is 0 Å². The minimum absolute atomic E-state index is 0. The van der Waals surface area contributed by atoms with Gasteiger partial charge in [-0.2, -0.15) is 12.8 Å². The molecule has 0 bridgehead atoms. The second-order valence-electron chi connectivity index (χ2n) is 2.28. The molecule has 0 unspecified atom stereocenters. The molecule has 0 atom stereocenters. The van der Waals surface area contributed by atoms with Crippen molar-refractivity contribution in [1.82, 2.24) is 0 Å². The average Bonchev–Trinajstić information content (AvgIpc) is 2.04. The number of rotatable bonds is 5.